The van der Waals surface area contributed by atoms with Crippen molar-refractivity contribution in [1.82, 2.24) is 25.4 Å². The largest absolute Gasteiger partial charge is 0.444 e. The van der Waals surface area contributed by atoms with Crippen molar-refractivity contribution in [2.75, 3.05) is 62.6 Å². The number of anilines is 2. The fourth-order valence-electron chi connectivity index (χ4n) is 4.39. The lowest BCUT2D eigenvalue weighted by atomic mass is 10.2. The average Bonchev–Trinajstić information content (AvgIpc) is 2.89. The summed E-state index contributed by atoms with van der Waals surface area (Å²) in [6.45, 7) is 17.6. The molecule has 2 heterocycles. The van der Waals surface area contributed by atoms with Gasteiger partial charge in [0.2, 0.25) is 5.91 Å². The molecule has 1 unspecified atom stereocenters. The van der Waals surface area contributed by atoms with E-state index in [2.05, 4.69) is 45.7 Å². The second-order valence-corrected chi connectivity index (χ2v) is 11.1. The van der Waals surface area contributed by atoms with Gasteiger partial charge in [0.1, 0.15) is 17.5 Å². The standard InChI is InChI=1S/C28H43N7O3S/c1-7-33(8-2)14-13-29-26(39)31-22-10-11-23-21(19-22)9-12-24(32-23)34-15-17-35(18-16-34)25(36)20(3)30-27(37)38-28(4,5)6/h9-12,19-20H,7-8,13-18H2,1-6H3,(H,30,37)(H2,29,31,39). The minimum absolute atomic E-state index is 0.118. The molecule has 39 heavy (non-hydrogen) atoms. The smallest absolute Gasteiger partial charge is 0.408 e. The second kappa shape index (κ2) is 13.7. The lowest BCUT2D eigenvalue weighted by Crippen LogP contribution is -2.54. The summed E-state index contributed by atoms with van der Waals surface area (Å²) in [4.78, 5) is 36.0. The predicted octanol–water partition coefficient (Wildman–Crippen LogP) is 3.42. The van der Waals surface area contributed by atoms with Gasteiger partial charge in [0, 0.05) is 50.3 Å². The molecule has 2 amide bonds. The number of amides is 2. The number of benzene rings is 1. The molecule has 3 N–H and O–H groups in total. The number of carbonyl (C=O) groups is 2. The maximum Gasteiger partial charge on any atom is 0.408 e. The van der Waals surface area contributed by atoms with Gasteiger partial charge in [-0.05, 0) is 83.3 Å². The third-order valence-electron chi connectivity index (χ3n) is 6.56. The number of hydrogen-bond acceptors (Lipinski definition) is 7. The van der Waals surface area contributed by atoms with E-state index in [1.165, 1.54) is 0 Å². The van der Waals surface area contributed by atoms with Gasteiger partial charge in [-0.1, -0.05) is 13.8 Å². The van der Waals surface area contributed by atoms with Gasteiger partial charge in [-0.15, -0.1) is 0 Å². The number of thiocarbonyl (C=S) groups is 1. The van der Waals surface area contributed by atoms with Crippen LogP contribution in [0.2, 0.25) is 0 Å². The molecule has 214 valence electrons. The van der Waals surface area contributed by atoms with Crippen LogP contribution >= 0.6 is 12.2 Å². The van der Waals surface area contributed by atoms with Crippen molar-refractivity contribution < 1.29 is 14.3 Å². The fraction of sp³-hybridized carbons (Fsp3) is 0.571. The van der Waals surface area contributed by atoms with E-state index in [-0.39, 0.29) is 5.91 Å². The van der Waals surface area contributed by atoms with Crippen molar-refractivity contribution in [1.29, 1.82) is 0 Å². The summed E-state index contributed by atoms with van der Waals surface area (Å²) < 4.78 is 5.26. The van der Waals surface area contributed by atoms with Crippen LogP contribution in [0.15, 0.2) is 30.3 Å². The Morgan fingerprint density at radius 1 is 1.10 bits per heavy atom. The van der Waals surface area contributed by atoms with Crippen LogP contribution in [0.5, 0.6) is 0 Å². The van der Waals surface area contributed by atoms with Crippen molar-refractivity contribution in [2.45, 2.75) is 53.2 Å². The number of rotatable bonds is 9. The summed E-state index contributed by atoms with van der Waals surface area (Å²) in [7, 11) is 0. The minimum atomic E-state index is -0.654. The van der Waals surface area contributed by atoms with Crippen molar-refractivity contribution in [2.24, 2.45) is 0 Å². The minimum Gasteiger partial charge on any atom is -0.444 e. The Balaban J connectivity index is 1.51. The topological polar surface area (TPSA) is 102 Å². The first-order valence-electron chi connectivity index (χ1n) is 13.7. The number of aromatic nitrogens is 1. The van der Waals surface area contributed by atoms with Crippen LogP contribution in [0.1, 0.15) is 41.5 Å². The summed E-state index contributed by atoms with van der Waals surface area (Å²) in [6.07, 6.45) is -0.589. The molecule has 1 saturated heterocycles. The van der Waals surface area contributed by atoms with Gasteiger partial charge in [-0.2, -0.15) is 0 Å². The number of pyridine rings is 1. The van der Waals surface area contributed by atoms with Crippen LogP contribution in [0.4, 0.5) is 16.3 Å². The van der Waals surface area contributed by atoms with Gasteiger partial charge in [0.05, 0.1) is 5.52 Å². The van der Waals surface area contributed by atoms with Crippen LogP contribution < -0.4 is 20.9 Å². The number of piperazine rings is 1. The Labute approximate surface area is 237 Å². The van der Waals surface area contributed by atoms with Gasteiger partial charge in [0.15, 0.2) is 5.11 Å². The molecule has 10 nitrogen and oxygen atoms in total. The van der Waals surface area contributed by atoms with E-state index < -0.39 is 17.7 Å². The van der Waals surface area contributed by atoms with Gasteiger partial charge < -0.3 is 35.4 Å². The maximum atomic E-state index is 12.8. The first-order valence-corrected chi connectivity index (χ1v) is 14.1. The van der Waals surface area contributed by atoms with Crippen molar-refractivity contribution in [3.63, 3.8) is 0 Å². The van der Waals surface area contributed by atoms with Gasteiger partial charge in [-0.25, -0.2) is 9.78 Å². The SMILES string of the molecule is CCN(CC)CCNC(=S)Nc1ccc2nc(N3CCN(C(=O)C(C)NC(=O)OC(C)(C)C)CC3)ccc2c1. The Morgan fingerprint density at radius 2 is 1.79 bits per heavy atom. The number of likely N-dealkylation sites (N-methyl/N-ethyl adjacent to an activating group) is 1. The molecular weight excluding hydrogens is 514 g/mol. The second-order valence-electron chi connectivity index (χ2n) is 10.7. The molecule has 0 saturated carbocycles. The Morgan fingerprint density at radius 3 is 2.44 bits per heavy atom. The van der Waals surface area contributed by atoms with Crippen LogP contribution in [0.3, 0.4) is 0 Å². The summed E-state index contributed by atoms with van der Waals surface area (Å²) in [6, 6.07) is 9.43. The molecular formula is C28H43N7O3S. The molecule has 0 radical (unpaired) electrons. The zero-order chi connectivity index (χ0) is 28.6. The number of ether oxygens (including phenoxy) is 1. The third-order valence-corrected chi connectivity index (χ3v) is 6.81. The molecule has 0 bridgehead atoms. The Bertz CT molecular complexity index is 1140. The number of nitrogens with one attached hydrogen (secondary N) is 3. The average molecular weight is 558 g/mol. The van der Waals surface area contributed by atoms with Crippen LogP contribution in [0.25, 0.3) is 10.9 Å². The normalized spacial score (nSPS) is 14.7. The highest BCUT2D eigenvalue weighted by atomic mass is 32.1. The van der Waals surface area contributed by atoms with E-state index >= 15 is 0 Å². The van der Waals surface area contributed by atoms with E-state index in [9.17, 15) is 9.59 Å². The van der Waals surface area contributed by atoms with Gasteiger partial charge in [0.25, 0.3) is 0 Å². The lowest BCUT2D eigenvalue weighted by Gasteiger charge is -2.36. The van der Waals surface area contributed by atoms with E-state index in [4.69, 9.17) is 21.9 Å². The number of fused-ring (bicyclic) bond motifs is 1. The van der Waals surface area contributed by atoms with Crippen LogP contribution in [0, 0.1) is 0 Å². The number of nitrogens with zero attached hydrogens (tertiary/aromatic N) is 4. The van der Waals surface area contributed by atoms with E-state index in [1.54, 1.807) is 32.6 Å². The molecule has 1 aromatic carbocycles. The van der Waals surface area contributed by atoms with Crippen LogP contribution in [-0.2, 0) is 9.53 Å². The maximum absolute atomic E-state index is 12.8. The lowest BCUT2D eigenvalue weighted by molar-refractivity contribution is -0.133. The Hall–Kier alpha value is -3.18. The van der Waals surface area contributed by atoms with Crippen molar-refractivity contribution >= 4 is 51.7 Å². The van der Waals surface area contributed by atoms with E-state index in [0.717, 1.165) is 48.6 Å². The molecule has 1 aromatic heterocycles. The van der Waals surface area contributed by atoms with E-state index in [1.807, 2.05) is 24.3 Å². The first-order chi connectivity index (χ1) is 18.5. The zero-order valence-corrected chi connectivity index (χ0v) is 24.9. The molecule has 1 aliphatic rings. The van der Waals surface area contributed by atoms with Crippen LogP contribution in [-0.4, -0.2) is 95.9 Å². The molecule has 0 aliphatic carbocycles. The summed E-state index contributed by atoms with van der Waals surface area (Å²) >= 11 is 5.46. The molecule has 3 rings (SSSR count). The Kier molecular flexibility index (Phi) is 10.7. The summed E-state index contributed by atoms with van der Waals surface area (Å²) in [5.74, 6) is 0.760. The number of hydrogen-bond donors (Lipinski definition) is 3. The predicted molar refractivity (Wildman–Crippen MR) is 161 cm³/mol. The highest BCUT2D eigenvalue weighted by Gasteiger charge is 2.27. The number of carbonyl (C=O) groups excluding carboxylic acids is 2. The first kappa shape index (κ1) is 30.4. The van der Waals surface area contributed by atoms with Gasteiger partial charge in [-0.3, -0.25) is 4.79 Å². The van der Waals surface area contributed by atoms with Crippen molar-refractivity contribution in [3.8, 4) is 0 Å². The molecule has 1 aliphatic heterocycles. The molecule has 1 atom stereocenters. The third kappa shape index (κ3) is 9.21. The summed E-state index contributed by atoms with van der Waals surface area (Å²) in [5.41, 5.74) is 1.20. The molecule has 11 heteroatoms. The zero-order valence-electron chi connectivity index (χ0n) is 24.0. The molecule has 0 spiro atoms. The quantitative estimate of drug-likeness (QED) is 0.400. The van der Waals surface area contributed by atoms with Gasteiger partial charge >= 0.3 is 6.09 Å². The highest BCUT2D eigenvalue weighted by molar-refractivity contribution is 7.80. The highest BCUT2D eigenvalue weighted by Crippen LogP contribution is 2.22. The number of alkyl carbamates (subject to hydrolysis) is 1. The van der Waals surface area contributed by atoms with E-state index in [0.29, 0.717) is 31.3 Å². The monoisotopic (exact) mass is 557 g/mol. The molecule has 2 aromatic rings. The summed E-state index contributed by atoms with van der Waals surface area (Å²) in [5, 5.41) is 10.8. The molecule has 1 fully saturated rings. The van der Waals surface area contributed by atoms with Crippen molar-refractivity contribution in [3.05, 3.63) is 30.3 Å². The fourth-order valence-corrected chi connectivity index (χ4v) is 4.61.